The molecule has 0 saturated carbocycles. The Morgan fingerprint density at radius 1 is 0.613 bits per heavy atom. The van der Waals surface area contributed by atoms with Gasteiger partial charge in [0.05, 0.1) is 0 Å². The van der Waals surface area contributed by atoms with Gasteiger partial charge in [-0.15, -0.1) is 0 Å². The first-order chi connectivity index (χ1) is 14.0. The van der Waals surface area contributed by atoms with Gasteiger partial charge in [-0.25, -0.2) is 0 Å². The number of phenolic OH excluding ortho intramolecular Hbond substituents is 2. The van der Waals surface area contributed by atoms with E-state index in [-0.39, 0.29) is 24.2 Å². The van der Waals surface area contributed by atoms with Gasteiger partial charge in [-0.3, -0.25) is 0 Å². The number of aromatic hydroxyl groups is 2. The number of benzene rings is 2. The van der Waals surface area contributed by atoms with E-state index in [9.17, 15) is 49.7 Å². The van der Waals surface area contributed by atoms with E-state index in [0.29, 0.717) is 11.6 Å². The zero-order chi connectivity index (χ0) is 23.8. The summed E-state index contributed by atoms with van der Waals surface area (Å²) in [5.74, 6) is -20.1. The summed E-state index contributed by atoms with van der Waals surface area (Å²) in [6, 6.07) is 7.21. The van der Waals surface area contributed by atoms with Gasteiger partial charge in [-0.2, -0.15) is 39.5 Å². The van der Waals surface area contributed by atoms with E-state index in [2.05, 4.69) is 0 Å². The van der Waals surface area contributed by atoms with Crippen molar-refractivity contribution in [2.75, 3.05) is 0 Å². The van der Waals surface area contributed by atoms with Crippen molar-refractivity contribution in [1.82, 2.24) is 0 Å². The number of phenols is 2. The van der Waals surface area contributed by atoms with Gasteiger partial charge < -0.3 is 10.2 Å². The Hall–Kier alpha value is -2.59. The summed E-state index contributed by atoms with van der Waals surface area (Å²) in [5, 5.41) is 19.2. The van der Waals surface area contributed by atoms with E-state index in [1.54, 1.807) is 13.0 Å². The lowest BCUT2D eigenvalue weighted by atomic mass is 9.94. The van der Waals surface area contributed by atoms with Crippen molar-refractivity contribution in [2.45, 2.75) is 50.1 Å². The minimum absolute atomic E-state index is 0.0286. The second-order valence-corrected chi connectivity index (χ2v) is 7.21. The highest BCUT2D eigenvalue weighted by Crippen LogP contribution is 2.53. The van der Waals surface area contributed by atoms with Crippen LogP contribution in [0.1, 0.15) is 22.3 Å². The minimum Gasteiger partial charge on any atom is -0.508 e. The van der Waals surface area contributed by atoms with E-state index in [4.69, 9.17) is 0 Å². The molecule has 0 saturated heterocycles. The summed E-state index contributed by atoms with van der Waals surface area (Å²) in [6.07, 6.45) is -8.73. The zero-order valence-electron chi connectivity index (χ0n) is 15.9. The Kier molecular flexibility index (Phi) is 6.49. The Morgan fingerprint density at radius 2 is 1.06 bits per heavy atom. The first-order valence-corrected chi connectivity index (χ1v) is 8.78. The predicted molar refractivity (Wildman–Crippen MR) is 93.0 cm³/mol. The zero-order valence-corrected chi connectivity index (χ0v) is 15.9. The molecule has 0 spiro atoms. The molecule has 0 radical (unpaired) electrons. The third kappa shape index (κ3) is 5.19. The van der Waals surface area contributed by atoms with Crippen molar-refractivity contribution >= 4 is 0 Å². The van der Waals surface area contributed by atoms with Crippen molar-refractivity contribution in [3.05, 3.63) is 58.7 Å². The quantitative estimate of drug-likeness (QED) is 0.483. The smallest absolute Gasteiger partial charge is 0.460 e. The topological polar surface area (TPSA) is 40.5 Å². The lowest BCUT2D eigenvalue weighted by Crippen LogP contribution is -2.61. The lowest BCUT2D eigenvalue weighted by molar-refractivity contribution is -0.395. The highest BCUT2D eigenvalue weighted by molar-refractivity contribution is 5.37. The van der Waals surface area contributed by atoms with Crippen LogP contribution >= 0.6 is 0 Å². The van der Waals surface area contributed by atoms with Crippen LogP contribution in [-0.2, 0) is 19.3 Å². The Bertz CT molecular complexity index is 916. The van der Waals surface area contributed by atoms with Gasteiger partial charge in [0, 0.05) is 6.42 Å². The molecule has 0 fully saturated rings. The van der Waals surface area contributed by atoms with E-state index in [0.717, 1.165) is 17.7 Å². The van der Waals surface area contributed by atoms with Crippen molar-refractivity contribution in [3.63, 3.8) is 0 Å². The van der Waals surface area contributed by atoms with Gasteiger partial charge in [0.2, 0.25) is 0 Å². The molecule has 0 aromatic heterocycles. The molecule has 0 heterocycles. The van der Waals surface area contributed by atoms with Gasteiger partial charge in [-0.1, -0.05) is 12.1 Å². The number of aryl methyl sites for hydroxylation is 3. The fourth-order valence-electron chi connectivity index (χ4n) is 3.04. The average Bonchev–Trinajstić information content (AvgIpc) is 2.57. The number of hydrogen-bond donors (Lipinski definition) is 2. The maximum atomic E-state index is 13.9. The molecule has 0 aliphatic carbocycles. The molecular weight excluding hydrogens is 443 g/mol. The Morgan fingerprint density at radius 3 is 1.55 bits per heavy atom. The number of rotatable bonds is 7. The van der Waals surface area contributed by atoms with Crippen LogP contribution < -0.4 is 0 Å². The van der Waals surface area contributed by atoms with Crippen molar-refractivity contribution in [3.8, 4) is 11.5 Å². The molecule has 0 bridgehead atoms. The van der Waals surface area contributed by atoms with E-state index in [1.165, 1.54) is 12.1 Å². The SMILES string of the molecule is Cc1cc(O)cc(CCc2cc(O)cc(CC(F)(F)C(F)(F)C(F)(F)C(F)(F)F)c2)c1. The summed E-state index contributed by atoms with van der Waals surface area (Å²) in [4.78, 5) is 0. The van der Waals surface area contributed by atoms with Gasteiger partial charge in [0.25, 0.3) is 0 Å². The van der Waals surface area contributed by atoms with Crippen LogP contribution in [-0.4, -0.2) is 34.2 Å². The van der Waals surface area contributed by atoms with Crippen LogP contribution in [0.5, 0.6) is 11.5 Å². The molecule has 2 aromatic carbocycles. The molecule has 0 atom stereocenters. The molecule has 0 amide bonds. The largest absolute Gasteiger partial charge is 0.508 e. The maximum Gasteiger partial charge on any atom is 0.460 e. The first-order valence-electron chi connectivity index (χ1n) is 8.78. The monoisotopic (exact) mass is 460 g/mol. The normalized spacial score (nSPS) is 13.5. The second-order valence-electron chi connectivity index (χ2n) is 7.21. The first kappa shape index (κ1) is 24.7. The average molecular weight is 460 g/mol. The molecule has 2 N–H and O–H groups in total. The molecule has 31 heavy (non-hydrogen) atoms. The minimum atomic E-state index is -6.96. The number of halogens is 9. The third-order valence-corrected chi connectivity index (χ3v) is 4.50. The molecule has 0 unspecified atom stereocenters. The summed E-state index contributed by atoms with van der Waals surface area (Å²) in [7, 11) is 0. The van der Waals surface area contributed by atoms with Crippen LogP contribution in [0.4, 0.5) is 39.5 Å². The fourth-order valence-corrected chi connectivity index (χ4v) is 3.04. The summed E-state index contributed by atoms with van der Waals surface area (Å²) < 4.78 is 117. The number of alkyl halides is 9. The van der Waals surface area contributed by atoms with Crippen molar-refractivity contribution in [2.24, 2.45) is 0 Å². The van der Waals surface area contributed by atoms with E-state index < -0.39 is 41.7 Å². The molecule has 2 nitrogen and oxygen atoms in total. The maximum absolute atomic E-state index is 13.9. The van der Waals surface area contributed by atoms with Crippen LogP contribution in [0.3, 0.4) is 0 Å². The van der Waals surface area contributed by atoms with Crippen LogP contribution in [0.25, 0.3) is 0 Å². The summed E-state index contributed by atoms with van der Waals surface area (Å²) in [6.45, 7) is 1.70. The Labute approximate surface area is 170 Å². The van der Waals surface area contributed by atoms with Gasteiger partial charge >= 0.3 is 23.9 Å². The highest BCUT2D eigenvalue weighted by Gasteiger charge is 2.81. The summed E-state index contributed by atoms with van der Waals surface area (Å²) in [5.41, 5.74) is 0.755. The summed E-state index contributed by atoms with van der Waals surface area (Å²) >= 11 is 0. The molecule has 0 aliphatic rings. The predicted octanol–water partition coefficient (Wildman–Crippen LogP) is 6.20. The van der Waals surface area contributed by atoms with Gasteiger partial charge in [0.1, 0.15) is 11.5 Å². The van der Waals surface area contributed by atoms with Crippen LogP contribution in [0.15, 0.2) is 36.4 Å². The van der Waals surface area contributed by atoms with Gasteiger partial charge in [0.15, 0.2) is 0 Å². The third-order valence-electron chi connectivity index (χ3n) is 4.50. The van der Waals surface area contributed by atoms with E-state index >= 15 is 0 Å². The molecule has 11 heteroatoms. The van der Waals surface area contributed by atoms with Crippen molar-refractivity contribution in [1.29, 1.82) is 0 Å². The molecule has 2 aromatic rings. The molecule has 172 valence electrons. The Balaban J connectivity index is 2.26. The standard InChI is InChI=1S/C20H17F9O2/c1-11-4-12(7-15(30)5-11)2-3-13-6-14(9-16(31)8-13)10-17(21,22)18(23,24)19(25,26)20(27,28)29/h4-9,30-31H,2-3,10H2,1H3. The second kappa shape index (κ2) is 8.16. The van der Waals surface area contributed by atoms with Crippen molar-refractivity contribution < 1.29 is 49.7 Å². The molecule has 0 aliphatic heterocycles. The van der Waals surface area contributed by atoms with Gasteiger partial charge in [-0.05, 0) is 66.3 Å². The van der Waals surface area contributed by atoms with Crippen LogP contribution in [0, 0.1) is 6.92 Å². The highest BCUT2D eigenvalue weighted by atomic mass is 19.4. The molecular formula is C20H17F9O2. The fraction of sp³-hybridized carbons (Fsp3) is 0.400. The van der Waals surface area contributed by atoms with Crippen LogP contribution in [0.2, 0.25) is 0 Å². The number of hydrogen-bond acceptors (Lipinski definition) is 2. The van der Waals surface area contributed by atoms with E-state index in [1.807, 2.05) is 0 Å². The lowest BCUT2D eigenvalue weighted by Gasteiger charge is -2.33. The molecule has 2 rings (SSSR count).